The molecule has 0 saturated heterocycles. The molecule has 3 N–H and O–H groups in total. The third-order valence-electron chi connectivity index (χ3n) is 5.85. The Labute approximate surface area is 186 Å². The van der Waals surface area contributed by atoms with E-state index in [0.717, 1.165) is 37.7 Å². The van der Waals surface area contributed by atoms with Gasteiger partial charge in [-0.3, -0.25) is 14.2 Å². The number of benzene rings is 1. The molecule has 1 aliphatic rings. The van der Waals surface area contributed by atoms with Crippen LogP contribution < -0.4 is 0 Å². The van der Waals surface area contributed by atoms with E-state index < -0.39 is 25.5 Å². The SMILES string of the molecule is Cc1cc(C(=O)N(Cc2ccc(CP(=O)(O)O)cc2)C(CC(=O)O)C2CCCCC2)no1. The maximum atomic E-state index is 13.4. The molecular formula is C22H29N2O7P. The molecule has 1 amide bonds. The van der Waals surface area contributed by atoms with Gasteiger partial charge >= 0.3 is 13.6 Å². The molecule has 3 rings (SSSR count). The van der Waals surface area contributed by atoms with Crippen molar-refractivity contribution in [1.82, 2.24) is 10.1 Å². The van der Waals surface area contributed by atoms with Crippen molar-refractivity contribution in [1.29, 1.82) is 0 Å². The summed E-state index contributed by atoms with van der Waals surface area (Å²) in [5.41, 5.74) is 1.35. The summed E-state index contributed by atoms with van der Waals surface area (Å²) in [5.74, 6) is -0.794. The Morgan fingerprint density at radius 2 is 1.78 bits per heavy atom. The van der Waals surface area contributed by atoms with Crippen LogP contribution >= 0.6 is 7.60 Å². The molecule has 1 aromatic carbocycles. The fourth-order valence-corrected chi connectivity index (χ4v) is 5.05. The van der Waals surface area contributed by atoms with Gasteiger partial charge in [-0.05, 0) is 36.8 Å². The van der Waals surface area contributed by atoms with Crippen LogP contribution in [-0.2, 0) is 22.1 Å². The lowest BCUT2D eigenvalue weighted by Crippen LogP contribution is -2.46. The number of carboxylic acids is 1. The Morgan fingerprint density at radius 3 is 2.31 bits per heavy atom. The standard InChI is InChI=1S/C22H29N2O7P/c1-15-11-19(23-31-15)22(27)24(20(12-21(25)26)18-5-3-2-4-6-18)13-16-7-9-17(10-8-16)14-32(28,29)30/h7-11,18,20H,2-6,12-14H2,1H3,(H,25,26)(H2,28,29,30). The van der Waals surface area contributed by atoms with Gasteiger partial charge in [0.05, 0.1) is 12.6 Å². The van der Waals surface area contributed by atoms with Gasteiger partial charge in [0.15, 0.2) is 5.69 Å². The maximum Gasteiger partial charge on any atom is 0.329 e. The minimum absolute atomic E-state index is 0.0747. The minimum Gasteiger partial charge on any atom is -0.481 e. The first-order valence-corrected chi connectivity index (χ1v) is 12.5. The predicted octanol–water partition coefficient (Wildman–Crippen LogP) is 3.73. The van der Waals surface area contributed by atoms with Crippen molar-refractivity contribution >= 4 is 19.5 Å². The Balaban J connectivity index is 1.90. The summed E-state index contributed by atoms with van der Waals surface area (Å²) in [5, 5.41) is 13.4. The highest BCUT2D eigenvalue weighted by Crippen LogP contribution is 2.39. The Hall–Kier alpha value is -2.48. The number of aryl methyl sites for hydroxylation is 1. The van der Waals surface area contributed by atoms with Crippen molar-refractivity contribution in [2.24, 2.45) is 5.92 Å². The monoisotopic (exact) mass is 464 g/mol. The van der Waals surface area contributed by atoms with E-state index in [1.807, 2.05) is 0 Å². The molecule has 174 valence electrons. The van der Waals surface area contributed by atoms with Gasteiger partial charge in [-0.2, -0.15) is 0 Å². The first-order valence-electron chi connectivity index (χ1n) is 10.7. The van der Waals surface area contributed by atoms with E-state index in [1.165, 1.54) is 6.07 Å². The number of carbonyl (C=O) groups excluding carboxylic acids is 1. The highest BCUT2D eigenvalue weighted by Gasteiger charge is 2.35. The van der Waals surface area contributed by atoms with Gasteiger partial charge in [0.25, 0.3) is 5.91 Å². The summed E-state index contributed by atoms with van der Waals surface area (Å²) >= 11 is 0. The summed E-state index contributed by atoms with van der Waals surface area (Å²) < 4.78 is 16.3. The molecule has 1 unspecified atom stereocenters. The molecule has 1 fully saturated rings. The first-order chi connectivity index (χ1) is 15.1. The molecule has 1 aliphatic carbocycles. The van der Waals surface area contributed by atoms with Crippen molar-refractivity contribution in [2.75, 3.05) is 0 Å². The lowest BCUT2D eigenvalue weighted by atomic mass is 9.81. The highest BCUT2D eigenvalue weighted by molar-refractivity contribution is 7.50. The summed E-state index contributed by atoms with van der Waals surface area (Å²) in [6.45, 7) is 1.85. The molecule has 0 aliphatic heterocycles. The lowest BCUT2D eigenvalue weighted by molar-refractivity contribution is -0.138. The van der Waals surface area contributed by atoms with E-state index in [4.69, 9.17) is 4.52 Å². The van der Waals surface area contributed by atoms with Gasteiger partial charge in [-0.25, -0.2) is 0 Å². The van der Waals surface area contributed by atoms with Crippen LogP contribution in [0.2, 0.25) is 0 Å². The molecule has 0 radical (unpaired) electrons. The van der Waals surface area contributed by atoms with Crippen LogP contribution in [0.4, 0.5) is 0 Å². The molecular weight excluding hydrogens is 435 g/mol. The van der Waals surface area contributed by atoms with Crippen LogP contribution in [-0.4, -0.2) is 42.9 Å². The molecule has 1 heterocycles. The zero-order valence-electron chi connectivity index (χ0n) is 18.0. The number of hydrogen-bond acceptors (Lipinski definition) is 5. The number of carbonyl (C=O) groups is 2. The molecule has 2 aromatic rings. The van der Waals surface area contributed by atoms with Crippen LogP contribution in [0.15, 0.2) is 34.9 Å². The molecule has 32 heavy (non-hydrogen) atoms. The number of aromatic nitrogens is 1. The number of rotatable bonds is 9. The average molecular weight is 464 g/mol. The Morgan fingerprint density at radius 1 is 1.16 bits per heavy atom. The Bertz CT molecular complexity index is 976. The molecule has 10 heteroatoms. The summed E-state index contributed by atoms with van der Waals surface area (Å²) in [6.07, 6.45) is 4.31. The number of carboxylic acid groups (broad SMARTS) is 1. The maximum absolute atomic E-state index is 13.4. The molecule has 1 atom stereocenters. The minimum atomic E-state index is -4.18. The molecule has 9 nitrogen and oxygen atoms in total. The van der Waals surface area contributed by atoms with Crippen molar-refractivity contribution < 1.29 is 33.6 Å². The van der Waals surface area contributed by atoms with E-state index >= 15 is 0 Å². The van der Waals surface area contributed by atoms with E-state index in [2.05, 4.69) is 5.16 Å². The number of nitrogens with zero attached hydrogens (tertiary/aromatic N) is 2. The van der Waals surface area contributed by atoms with Gasteiger partial charge in [0.2, 0.25) is 0 Å². The van der Waals surface area contributed by atoms with Gasteiger partial charge < -0.3 is 24.3 Å². The normalized spacial score (nSPS) is 16.0. The predicted molar refractivity (Wildman–Crippen MR) is 116 cm³/mol. The number of aliphatic carboxylic acids is 1. The lowest BCUT2D eigenvalue weighted by Gasteiger charge is -2.38. The van der Waals surface area contributed by atoms with Crippen LogP contribution in [0.25, 0.3) is 0 Å². The van der Waals surface area contributed by atoms with Crippen molar-refractivity contribution in [3.8, 4) is 0 Å². The summed E-state index contributed by atoms with van der Waals surface area (Å²) in [7, 11) is -4.18. The molecule has 0 spiro atoms. The van der Waals surface area contributed by atoms with Crippen molar-refractivity contribution in [3.63, 3.8) is 0 Å². The number of hydrogen-bond donors (Lipinski definition) is 3. The van der Waals surface area contributed by atoms with Crippen LogP contribution in [0.5, 0.6) is 0 Å². The second-order valence-corrected chi connectivity index (χ2v) is 10.1. The fourth-order valence-electron chi connectivity index (χ4n) is 4.37. The van der Waals surface area contributed by atoms with Crippen LogP contribution in [0.3, 0.4) is 0 Å². The van der Waals surface area contributed by atoms with Gasteiger partial charge in [-0.15, -0.1) is 0 Å². The zero-order chi connectivity index (χ0) is 23.3. The third-order valence-corrected chi connectivity index (χ3v) is 6.63. The largest absolute Gasteiger partial charge is 0.481 e. The van der Waals surface area contributed by atoms with Gasteiger partial charge in [0, 0.05) is 18.7 Å². The summed E-state index contributed by atoms with van der Waals surface area (Å²) in [4.78, 5) is 45.0. The van der Waals surface area contributed by atoms with E-state index in [1.54, 1.807) is 36.1 Å². The zero-order valence-corrected chi connectivity index (χ0v) is 18.9. The van der Waals surface area contributed by atoms with E-state index in [-0.39, 0.29) is 30.7 Å². The summed E-state index contributed by atoms with van der Waals surface area (Å²) in [6, 6.07) is 7.69. The van der Waals surface area contributed by atoms with Crippen LogP contribution in [0.1, 0.15) is 65.9 Å². The second-order valence-electron chi connectivity index (χ2n) is 8.46. The number of amides is 1. The highest BCUT2D eigenvalue weighted by atomic mass is 31.2. The van der Waals surface area contributed by atoms with Gasteiger partial charge in [0.1, 0.15) is 5.76 Å². The van der Waals surface area contributed by atoms with Crippen LogP contribution in [0, 0.1) is 12.8 Å². The van der Waals surface area contributed by atoms with E-state index in [0.29, 0.717) is 11.3 Å². The topological polar surface area (TPSA) is 141 Å². The second kappa shape index (κ2) is 10.4. The Kier molecular flexibility index (Phi) is 7.87. The van der Waals surface area contributed by atoms with Gasteiger partial charge in [-0.1, -0.05) is 48.7 Å². The fraction of sp³-hybridized carbons (Fsp3) is 0.500. The smallest absolute Gasteiger partial charge is 0.329 e. The average Bonchev–Trinajstić information content (AvgIpc) is 3.17. The first kappa shape index (κ1) is 24.2. The van der Waals surface area contributed by atoms with Crippen molar-refractivity contribution in [2.45, 2.75) is 64.2 Å². The molecule has 1 aromatic heterocycles. The van der Waals surface area contributed by atoms with E-state index in [9.17, 15) is 29.0 Å². The quantitative estimate of drug-likeness (QED) is 0.477. The molecule has 1 saturated carbocycles. The molecule has 0 bridgehead atoms. The third kappa shape index (κ3) is 6.76. The van der Waals surface area contributed by atoms with Crippen molar-refractivity contribution in [3.05, 3.63) is 52.9 Å².